The Bertz CT molecular complexity index is 438. The van der Waals surface area contributed by atoms with Crippen LogP contribution in [-0.2, 0) is 11.2 Å². The summed E-state index contributed by atoms with van der Waals surface area (Å²) in [6, 6.07) is 1.85. The molecule has 1 aromatic rings. The van der Waals surface area contributed by atoms with Crippen LogP contribution in [0.25, 0.3) is 0 Å². The number of amides is 2. The van der Waals surface area contributed by atoms with Crippen LogP contribution >= 0.6 is 11.3 Å². The topological polar surface area (TPSA) is 58.2 Å². The molecule has 18 heavy (non-hydrogen) atoms. The lowest BCUT2D eigenvalue weighted by Gasteiger charge is -2.07. The second-order valence-corrected chi connectivity index (χ2v) is 5.81. The summed E-state index contributed by atoms with van der Waals surface area (Å²) in [6.07, 6.45) is 1.33. The lowest BCUT2D eigenvalue weighted by atomic mass is 10.1. The minimum Gasteiger partial charge on any atom is -0.273 e. The van der Waals surface area contributed by atoms with E-state index in [2.05, 4.69) is 17.8 Å². The van der Waals surface area contributed by atoms with Gasteiger partial charge in [0.15, 0.2) is 0 Å². The van der Waals surface area contributed by atoms with Crippen LogP contribution in [0.3, 0.4) is 0 Å². The van der Waals surface area contributed by atoms with Gasteiger partial charge >= 0.3 is 0 Å². The van der Waals surface area contributed by atoms with Crippen molar-refractivity contribution in [2.75, 3.05) is 0 Å². The van der Waals surface area contributed by atoms with E-state index < -0.39 is 0 Å². The third-order valence-electron chi connectivity index (χ3n) is 2.47. The molecule has 0 spiro atoms. The molecule has 0 aliphatic carbocycles. The van der Waals surface area contributed by atoms with Gasteiger partial charge in [0.1, 0.15) is 0 Å². The molecular formula is C13H20N2O2S. The van der Waals surface area contributed by atoms with Crippen molar-refractivity contribution < 1.29 is 9.59 Å². The number of hydrogen-bond acceptors (Lipinski definition) is 3. The Morgan fingerprint density at radius 2 is 2.00 bits per heavy atom. The smallest absolute Gasteiger partial charge is 0.273 e. The SMILES string of the molecule is CCc1sc(C(=O)NNC(=O)CC(C)C)cc1C. The molecule has 0 bridgehead atoms. The molecule has 5 heteroatoms. The Morgan fingerprint density at radius 3 is 2.50 bits per heavy atom. The number of rotatable bonds is 4. The molecule has 1 aromatic heterocycles. The lowest BCUT2D eigenvalue weighted by Crippen LogP contribution is -2.41. The maximum absolute atomic E-state index is 11.8. The van der Waals surface area contributed by atoms with Crippen molar-refractivity contribution in [3.8, 4) is 0 Å². The van der Waals surface area contributed by atoms with Crippen LogP contribution in [0.2, 0.25) is 0 Å². The largest absolute Gasteiger partial charge is 0.279 e. The lowest BCUT2D eigenvalue weighted by molar-refractivity contribution is -0.122. The number of carbonyl (C=O) groups excluding carboxylic acids is 2. The zero-order valence-corrected chi connectivity index (χ0v) is 12.1. The summed E-state index contributed by atoms with van der Waals surface area (Å²) in [5.41, 5.74) is 5.99. The first-order valence-electron chi connectivity index (χ1n) is 6.12. The van der Waals surface area contributed by atoms with E-state index in [0.29, 0.717) is 11.3 Å². The van der Waals surface area contributed by atoms with Gasteiger partial charge in [0, 0.05) is 11.3 Å². The molecule has 0 aliphatic heterocycles. The van der Waals surface area contributed by atoms with Gasteiger partial charge in [-0.1, -0.05) is 20.8 Å². The van der Waals surface area contributed by atoms with E-state index in [0.717, 1.165) is 12.0 Å². The van der Waals surface area contributed by atoms with Crippen LogP contribution in [0, 0.1) is 12.8 Å². The van der Waals surface area contributed by atoms with Crippen LogP contribution < -0.4 is 10.9 Å². The Morgan fingerprint density at radius 1 is 1.33 bits per heavy atom. The molecule has 1 rings (SSSR count). The summed E-state index contributed by atoms with van der Waals surface area (Å²) in [4.78, 5) is 25.0. The normalized spacial score (nSPS) is 10.5. The van der Waals surface area contributed by atoms with Gasteiger partial charge in [-0.05, 0) is 30.9 Å². The average molecular weight is 268 g/mol. The fraction of sp³-hybridized carbons (Fsp3) is 0.538. The van der Waals surface area contributed by atoms with E-state index in [9.17, 15) is 9.59 Å². The Kier molecular flexibility index (Phi) is 5.34. The standard InChI is InChI=1S/C13H20N2O2S/c1-5-10-9(4)7-11(18-10)13(17)15-14-12(16)6-8(2)3/h7-8H,5-6H2,1-4H3,(H,14,16)(H,15,17). The van der Waals surface area contributed by atoms with Crippen LogP contribution in [0.1, 0.15) is 47.3 Å². The molecule has 100 valence electrons. The highest BCUT2D eigenvalue weighted by atomic mass is 32.1. The second kappa shape index (κ2) is 6.54. The number of carbonyl (C=O) groups is 2. The van der Waals surface area contributed by atoms with Gasteiger partial charge in [0.05, 0.1) is 4.88 Å². The first-order chi connectivity index (χ1) is 8.43. The number of thiophene rings is 1. The number of hydrazine groups is 1. The van der Waals surface area contributed by atoms with Crippen LogP contribution in [0.15, 0.2) is 6.07 Å². The van der Waals surface area contributed by atoms with Crippen molar-refractivity contribution in [3.63, 3.8) is 0 Å². The van der Waals surface area contributed by atoms with Crippen molar-refractivity contribution in [1.82, 2.24) is 10.9 Å². The molecule has 0 fully saturated rings. The van der Waals surface area contributed by atoms with Crippen molar-refractivity contribution in [2.45, 2.75) is 40.5 Å². The number of nitrogens with one attached hydrogen (secondary N) is 2. The Balaban J connectivity index is 2.52. The van der Waals surface area contributed by atoms with E-state index in [1.807, 2.05) is 26.8 Å². The van der Waals surface area contributed by atoms with Gasteiger partial charge in [0.2, 0.25) is 5.91 Å². The highest BCUT2D eigenvalue weighted by Gasteiger charge is 2.12. The Labute approximate surface area is 112 Å². The molecule has 1 heterocycles. The maximum atomic E-state index is 11.8. The average Bonchev–Trinajstić information content (AvgIpc) is 2.66. The number of hydrogen-bond donors (Lipinski definition) is 2. The van der Waals surface area contributed by atoms with Gasteiger partial charge in [-0.25, -0.2) is 0 Å². The fourth-order valence-corrected chi connectivity index (χ4v) is 2.60. The van der Waals surface area contributed by atoms with Crippen molar-refractivity contribution >= 4 is 23.2 Å². The van der Waals surface area contributed by atoms with Gasteiger partial charge in [-0.15, -0.1) is 11.3 Å². The fourth-order valence-electron chi connectivity index (χ4n) is 1.59. The number of aryl methyl sites for hydroxylation is 2. The minimum absolute atomic E-state index is 0.164. The first kappa shape index (κ1) is 14.7. The second-order valence-electron chi connectivity index (χ2n) is 4.67. The van der Waals surface area contributed by atoms with Crippen LogP contribution in [0.4, 0.5) is 0 Å². The predicted molar refractivity (Wildman–Crippen MR) is 73.5 cm³/mol. The van der Waals surface area contributed by atoms with Gasteiger partial charge < -0.3 is 0 Å². The van der Waals surface area contributed by atoms with Crippen LogP contribution in [0.5, 0.6) is 0 Å². The highest BCUT2D eigenvalue weighted by Crippen LogP contribution is 2.21. The maximum Gasteiger partial charge on any atom is 0.279 e. The summed E-state index contributed by atoms with van der Waals surface area (Å²) >= 11 is 1.47. The highest BCUT2D eigenvalue weighted by molar-refractivity contribution is 7.14. The summed E-state index contributed by atoms with van der Waals surface area (Å²) in [5.74, 6) is -0.139. The summed E-state index contributed by atoms with van der Waals surface area (Å²) in [5, 5.41) is 0. The van der Waals surface area contributed by atoms with E-state index >= 15 is 0 Å². The molecular weight excluding hydrogens is 248 g/mol. The third-order valence-corrected chi connectivity index (χ3v) is 3.85. The quantitative estimate of drug-likeness (QED) is 0.824. The zero-order valence-electron chi connectivity index (χ0n) is 11.3. The molecule has 4 nitrogen and oxygen atoms in total. The molecule has 0 saturated heterocycles. The van der Waals surface area contributed by atoms with Gasteiger partial charge in [-0.3, -0.25) is 20.4 Å². The molecule has 0 saturated carbocycles. The molecule has 0 radical (unpaired) electrons. The summed E-state index contributed by atoms with van der Waals surface area (Å²) in [7, 11) is 0. The van der Waals surface area contributed by atoms with Crippen molar-refractivity contribution in [3.05, 3.63) is 21.4 Å². The van der Waals surface area contributed by atoms with E-state index in [1.54, 1.807) is 0 Å². The molecule has 0 unspecified atom stereocenters. The van der Waals surface area contributed by atoms with E-state index in [4.69, 9.17) is 0 Å². The molecule has 0 aromatic carbocycles. The van der Waals surface area contributed by atoms with Gasteiger partial charge in [-0.2, -0.15) is 0 Å². The van der Waals surface area contributed by atoms with E-state index in [-0.39, 0.29) is 17.7 Å². The first-order valence-corrected chi connectivity index (χ1v) is 6.94. The predicted octanol–water partition coefficient (Wildman–Crippen LogP) is 2.43. The summed E-state index contributed by atoms with van der Waals surface area (Å²) in [6.45, 7) is 7.96. The molecule has 0 atom stereocenters. The third kappa shape index (κ3) is 4.14. The molecule has 2 N–H and O–H groups in total. The van der Waals surface area contributed by atoms with Crippen molar-refractivity contribution in [2.24, 2.45) is 5.92 Å². The van der Waals surface area contributed by atoms with Crippen LogP contribution in [-0.4, -0.2) is 11.8 Å². The monoisotopic (exact) mass is 268 g/mol. The zero-order chi connectivity index (χ0) is 13.7. The van der Waals surface area contributed by atoms with E-state index in [1.165, 1.54) is 16.2 Å². The van der Waals surface area contributed by atoms with Crippen molar-refractivity contribution in [1.29, 1.82) is 0 Å². The Hall–Kier alpha value is -1.36. The molecule has 2 amide bonds. The summed E-state index contributed by atoms with van der Waals surface area (Å²) < 4.78 is 0. The minimum atomic E-state index is -0.250. The molecule has 0 aliphatic rings. The van der Waals surface area contributed by atoms with Gasteiger partial charge in [0.25, 0.3) is 5.91 Å².